The summed E-state index contributed by atoms with van der Waals surface area (Å²) in [4.78, 5) is 4.11. The zero-order valence-corrected chi connectivity index (χ0v) is 8.59. The molecule has 1 aromatic carbocycles. The molecule has 0 amide bonds. The monoisotopic (exact) mass is 199 g/mol. The van der Waals surface area contributed by atoms with Crippen LogP contribution in [0.5, 0.6) is 0 Å². The molecule has 1 aliphatic rings. The van der Waals surface area contributed by atoms with Crippen LogP contribution >= 0.6 is 0 Å². The topological polar surface area (TPSA) is 39.8 Å². The van der Waals surface area contributed by atoms with Gasteiger partial charge in [-0.2, -0.15) is 0 Å². The maximum absolute atomic E-state index is 4.11. The van der Waals surface area contributed by atoms with Gasteiger partial charge in [-0.15, -0.1) is 0 Å². The van der Waals surface area contributed by atoms with Crippen LogP contribution in [-0.4, -0.2) is 15.6 Å². The number of aromatic nitrogens is 2. The molecule has 2 heterocycles. The summed E-state index contributed by atoms with van der Waals surface area (Å²) in [5, 5.41) is 3.49. The molecule has 1 fully saturated rings. The maximum atomic E-state index is 4.11. The van der Waals surface area contributed by atoms with E-state index in [1.54, 1.807) is 0 Å². The minimum atomic E-state index is -0.0717. The number of benzene rings is 1. The fourth-order valence-corrected chi connectivity index (χ4v) is 2.23. The van der Waals surface area contributed by atoms with E-state index in [2.05, 4.69) is 46.1 Å². The standard InChI is InChI=1S/C12H13N3/c1-10-12(14-10,15-8-7-13-9-15)11-5-3-2-4-6-11/h2-10,14H,1H3/t10-,12-/m0/s1. The van der Waals surface area contributed by atoms with Crippen LogP contribution in [0.25, 0.3) is 0 Å². The highest BCUT2D eigenvalue weighted by Gasteiger charge is 2.53. The van der Waals surface area contributed by atoms with Crippen LogP contribution < -0.4 is 5.32 Å². The van der Waals surface area contributed by atoms with Gasteiger partial charge < -0.3 is 4.57 Å². The van der Waals surface area contributed by atoms with Gasteiger partial charge in [0.1, 0.15) is 5.66 Å². The molecule has 3 heteroatoms. The Morgan fingerprint density at radius 1 is 1.33 bits per heavy atom. The molecule has 2 atom stereocenters. The number of imidazole rings is 1. The summed E-state index contributed by atoms with van der Waals surface area (Å²) in [6.45, 7) is 2.19. The zero-order chi connectivity index (χ0) is 10.3. The molecule has 3 rings (SSSR count). The first kappa shape index (κ1) is 8.68. The Labute approximate surface area is 88.8 Å². The van der Waals surface area contributed by atoms with Crippen molar-refractivity contribution in [3.05, 3.63) is 54.6 Å². The van der Waals surface area contributed by atoms with Gasteiger partial charge in [-0.3, -0.25) is 5.32 Å². The highest BCUT2D eigenvalue weighted by Crippen LogP contribution is 2.38. The molecule has 0 spiro atoms. The number of nitrogens with zero attached hydrogens (tertiary/aromatic N) is 2. The number of hydrogen-bond acceptors (Lipinski definition) is 2. The molecule has 0 aliphatic carbocycles. The van der Waals surface area contributed by atoms with Gasteiger partial charge >= 0.3 is 0 Å². The van der Waals surface area contributed by atoms with E-state index in [0.29, 0.717) is 6.04 Å². The van der Waals surface area contributed by atoms with E-state index in [-0.39, 0.29) is 5.66 Å². The predicted molar refractivity (Wildman–Crippen MR) is 58.3 cm³/mol. The van der Waals surface area contributed by atoms with E-state index >= 15 is 0 Å². The van der Waals surface area contributed by atoms with Crippen molar-refractivity contribution in [1.29, 1.82) is 0 Å². The van der Waals surface area contributed by atoms with Gasteiger partial charge in [0.05, 0.1) is 6.33 Å². The zero-order valence-electron chi connectivity index (χ0n) is 8.59. The van der Waals surface area contributed by atoms with E-state index in [0.717, 1.165) is 0 Å². The third-order valence-electron chi connectivity index (χ3n) is 3.11. The molecular weight excluding hydrogens is 186 g/mol. The Bertz CT molecular complexity index is 449. The summed E-state index contributed by atoms with van der Waals surface area (Å²) in [6.07, 6.45) is 5.68. The van der Waals surface area contributed by atoms with Crippen molar-refractivity contribution in [1.82, 2.24) is 14.9 Å². The van der Waals surface area contributed by atoms with Crippen LogP contribution in [0, 0.1) is 0 Å². The summed E-state index contributed by atoms with van der Waals surface area (Å²) < 4.78 is 2.13. The molecule has 76 valence electrons. The van der Waals surface area contributed by atoms with Crippen molar-refractivity contribution in [2.75, 3.05) is 0 Å². The van der Waals surface area contributed by atoms with E-state index in [1.165, 1.54) is 5.56 Å². The highest BCUT2D eigenvalue weighted by atomic mass is 15.4. The molecule has 1 aliphatic heterocycles. The number of rotatable bonds is 2. The van der Waals surface area contributed by atoms with E-state index < -0.39 is 0 Å². The lowest BCUT2D eigenvalue weighted by molar-refractivity contribution is 0.541. The van der Waals surface area contributed by atoms with Crippen LogP contribution in [0.1, 0.15) is 12.5 Å². The first-order valence-corrected chi connectivity index (χ1v) is 5.16. The van der Waals surface area contributed by atoms with Gasteiger partial charge in [-0.1, -0.05) is 30.3 Å². The lowest BCUT2D eigenvalue weighted by Gasteiger charge is -2.16. The lowest BCUT2D eigenvalue weighted by atomic mass is 10.0. The van der Waals surface area contributed by atoms with Gasteiger partial charge in [0.25, 0.3) is 0 Å². The van der Waals surface area contributed by atoms with E-state index in [1.807, 2.05) is 24.8 Å². The molecular formula is C12H13N3. The second-order valence-electron chi connectivity index (χ2n) is 3.97. The van der Waals surface area contributed by atoms with Crippen LogP contribution in [0.3, 0.4) is 0 Å². The Morgan fingerprint density at radius 2 is 2.07 bits per heavy atom. The Kier molecular flexibility index (Phi) is 1.70. The first-order valence-electron chi connectivity index (χ1n) is 5.16. The van der Waals surface area contributed by atoms with Gasteiger partial charge in [0.15, 0.2) is 0 Å². The summed E-state index contributed by atoms with van der Waals surface area (Å²) in [5.74, 6) is 0. The molecule has 3 nitrogen and oxygen atoms in total. The average molecular weight is 199 g/mol. The quantitative estimate of drug-likeness (QED) is 0.746. The molecule has 0 radical (unpaired) electrons. The highest BCUT2D eigenvalue weighted by molar-refractivity contribution is 5.34. The normalized spacial score (nSPS) is 29.0. The van der Waals surface area contributed by atoms with E-state index in [4.69, 9.17) is 0 Å². The summed E-state index contributed by atoms with van der Waals surface area (Å²) in [5.41, 5.74) is 1.22. The number of nitrogens with one attached hydrogen (secondary N) is 1. The Morgan fingerprint density at radius 3 is 2.60 bits per heavy atom. The van der Waals surface area contributed by atoms with Gasteiger partial charge in [-0.25, -0.2) is 4.98 Å². The predicted octanol–water partition coefficient (Wildman–Crippen LogP) is 1.58. The second-order valence-corrected chi connectivity index (χ2v) is 3.97. The van der Waals surface area contributed by atoms with Gasteiger partial charge in [-0.05, 0) is 12.5 Å². The minimum Gasteiger partial charge on any atom is -0.313 e. The molecule has 1 saturated heterocycles. The van der Waals surface area contributed by atoms with Crippen LogP contribution in [0.15, 0.2) is 49.1 Å². The molecule has 0 bridgehead atoms. The van der Waals surface area contributed by atoms with Crippen molar-refractivity contribution < 1.29 is 0 Å². The fourth-order valence-electron chi connectivity index (χ4n) is 2.23. The maximum Gasteiger partial charge on any atom is 0.138 e. The van der Waals surface area contributed by atoms with Crippen LogP contribution in [-0.2, 0) is 5.66 Å². The minimum absolute atomic E-state index is 0.0717. The van der Waals surface area contributed by atoms with Crippen molar-refractivity contribution in [2.45, 2.75) is 18.6 Å². The summed E-state index contributed by atoms with van der Waals surface area (Å²) in [7, 11) is 0. The fraction of sp³-hybridized carbons (Fsp3) is 0.250. The van der Waals surface area contributed by atoms with Gasteiger partial charge in [0, 0.05) is 18.4 Å². The van der Waals surface area contributed by atoms with Crippen LogP contribution in [0.2, 0.25) is 0 Å². The van der Waals surface area contributed by atoms with Gasteiger partial charge in [0.2, 0.25) is 0 Å². The molecule has 1 N–H and O–H groups in total. The first-order chi connectivity index (χ1) is 7.34. The second kappa shape index (κ2) is 2.94. The largest absolute Gasteiger partial charge is 0.313 e. The van der Waals surface area contributed by atoms with Crippen molar-refractivity contribution in [3.8, 4) is 0 Å². The smallest absolute Gasteiger partial charge is 0.138 e. The van der Waals surface area contributed by atoms with E-state index in [9.17, 15) is 0 Å². The van der Waals surface area contributed by atoms with Crippen LogP contribution in [0.4, 0.5) is 0 Å². The molecule has 2 aromatic rings. The number of hydrogen-bond donors (Lipinski definition) is 1. The molecule has 15 heavy (non-hydrogen) atoms. The molecule has 0 unspecified atom stereocenters. The summed E-state index contributed by atoms with van der Waals surface area (Å²) in [6, 6.07) is 10.9. The molecule has 1 aromatic heterocycles. The average Bonchev–Trinajstić information content (AvgIpc) is 2.75. The Hall–Kier alpha value is -1.61. The van der Waals surface area contributed by atoms with Crippen molar-refractivity contribution in [2.24, 2.45) is 0 Å². The lowest BCUT2D eigenvalue weighted by Crippen LogP contribution is -2.23. The molecule has 0 saturated carbocycles. The SMILES string of the molecule is C[C@@H]1N[C@]1(c1ccccc1)n1ccnc1. The van der Waals surface area contributed by atoms with Crippen molar-refractivity contribution in [3.63, 3.8) is 0 Å². The summed E-state index contributed by atoms with van der Waals surface area (Å²) >= 11 is 0. The van der Waals surface area contributed by atoms with Crippen molar-refractivity contribution >= 4 is 0 Å². The Balaban J connectivity index is 2.10. The third-order valence-corrected chi connectivity index (χ3v) is 3.11. The third kappa shape index (κ3) is 1.13.